The second-order valence-electron chi connectivity index (χ2n) is 5.30. The van der Waals surface area contributed by atoms with Crippen LogP contribution in [0, 0.1) is 19.8 Å². The molecule has 0 fully saturated rings. The van der Waals surface area contributed by atoms with E-state index in [2.05, 4.69) is 27.2 Å². The lowest BCUT2D eigenvalue weighted by Crippen LogP contribution is -2.29. The van der Waals surface area contributed by atoms with Gasteiger partial charge in [-0.1, -0.05) is 0 Å². The van der Waals surface area contributed by atoms with Gasteiger partial charge >= 0.3 is 0 Å². The zero-order chi connectivity index (χ0) is 13.6. The average Bonchev–Trinajstić information content (AvgIpc) is 2.46. The van der Waals surface area contributed by atoms with E-state index < -0.39 is 0 Å². The minimum atomic E-state index is 0.145. The number of anilines is 1. The third kappa shape index (κ3) is 2.04. The predicted octanol–water partition coefficient (Wildman–Crippen LogP) is 1.61. The van der Waals surface area contributed by atoms with E-state index in [1.165, 1.54) is 0 Å². The molecule has 1 aliphatic heterocycles. The molecule has 0 saturated heterocycles. The van der Waals surface area contributed by atoms with Gasteiger partial charge in [-0.3, -0.25) is 4.98 Å². The number of aliphatic hydroxyl groups excluding tert-OH is 1. The van der Waals surface area contributed by atoms with Crippen LogP contribution in [0.1, 0.15) is 24.1 Å². The molecule has 0 aliphatic carbocycles. The third-order valence-corrected chi connectivity index (χ3v) is 3.76. The summed E-state index contributed by atoms with van der Waals surface area (Å²) in [5.41, 5.74) is 2.88. The molecule has 0 saturated carbocycles. The highest BCUT2D eigenvalue weighted by Gasteiger charge is 2.25. The first-order valence-electron chi connectivity index (χ1n) is 6.60. The van der Waals surface area contributed by atoms with Gasteiger partial charge < -0.3 is 10.4 Å². The smallest absolute Gasteiger partial charge is 0.139 e. The molecule has 3 heterocycles. The van der Waals surface area contributed by atoms with Gasteiger partial charge in [0.15, 0.2) is 0 Å². The molecule has 100 valence electrons. The molecule has 0 aromatic carbocycles. The molecule has 19 heavy (non-hydrogen) atoms. The van der Waals surface area contributed by atoms with Crippen LogP contribution in [0.5, 0.6) is 0 Å². The SMILES string of the molecule is Cc1cc2nc(C)nc3c2c(n1)CC(CO)C(C)N3. The number of hydrogen-bond acceptors (Lipinski definition) is 5. The lowest BCUT2D eigenvalue weighted by atomic mass is 9.97. The molecule has 3 rings (SSSR count). The largest absolute Gasteiger partial charge is 0.396 e. The van der Waals surface area contributed by atoms with Gasteiger partial charge in [0.25, 0.3) is 0 Å². The van der Waals surface area contributed by atoms with Crippen LogP contribution in [-0.4, -0.2) is 32.7 Å². The van der Waals surface area contributed by atoms with Crippen molar-refractivity contribution < 1.29 is 5.11 Å². The van der Waals surface area contributed by atoms with Gasteiger partial charge in [0.05, 0.1) is 16.6 Å². The van der Waals surface area contributed by atoms with E-state index in [1.807, 2.05) is 19.9 Å². The molecule has 0 spiro atoms. The summed E-state index contributed by atoms with van der Waals surface area (Å²) in [6.45, 7) is 6.09. The molecule has 0 amide bonds. The van der Waals surface area contributed by atoms with Crippen molar-refractivity contribution in [3.63, 3.8) is 0 Å². The van der Waals surface area contributed by atoms with Crippen LogP contribution in [0.2, 0.25) is 0 Å². The van der Waals surface area contributed by atoms with Crippen molar-refractivity contribution in [1.82, 2.24) is 15.0 Å². The molecular weight excluding hydrogens is 240 g/mol. The number of aromatic nitrogens is 3. The van der Waals surface area contributed by atoms with E-state index >= 15 is 0 Å². The zero-order valence-corrected chi connectivity index (χ0v) is 11.4. The molecule has 2 aromatic rings. The lowest BCUT2D eigenvalue weighted by molar-refractivity contribution is 0.213. The molecule has 0 bridgehead atoms. The second-order valence-corrected chi connectivity index (χ2v) is 5.30. The minimum absolute atomic E-state index is 0.145. The Morgan fingerprint density at radius 2 is 2.11 bits per heavy atom. The maximum Gasteiger partial charge on any atom is 0.139 e. The van der Waals surface area contributed by atoms with Crippen molar-refractivity contribution in [3.05, 3.63) is 23.3 Å². The van der Waals surface area contributed by atoms with E-state index in [4.69, 9.17) is 0 Å². The summed E-state index contributed by atoms with van der Waals surface area (Å²) >= 11 is 0. The van der Waals surface area contributed by atoms with Crippen LogP contribution in [0.4, 0.5) is 5.82 Å². The quantitative estimate of drug-likeness (QED) is 0.813. The maximum atomic E-state index is 9.54. The van der Waals surface area contributed by atoms with Crippen LogP contribution in [0.3, 0.4) is 0 Å². The monoisotopic (exact) mass is 258 g/mol. The first-order chi connectivity index (χ1) is 9.08. The van der Waals surface area contributed by atoms with Crippen LogP contribution in [-0.2, 0) is 6.42 Å². The Morgan fingerprint density at radius 1 is 1.32 bits per heavy atom. The Hall–Kier alpha value is -1.75. The number of rotatable bonds is 1. The zero-order valence-electron chi connectivity index (χ0n) is 11.4. The van der Waals surface area contributed by atoms with E-state index in [0.717, 1.165) is 40.4 Å². The summed E-state index contributed by atoms with van der Waals surface area (Å²) in [5.74, 6) is 1.74. The number of hydrogen-bond donors (Lipinski definition) is 2. The van der Waals surface area contributed by atoms with Gasteiger partial charge in [-0.2, -0.15) is 0 Å². The third-order valence-electron chi connectivity index (χ3n) is 3.76. The fourth-order valence-corrected chi connectivity index (χ4v) is 2.72. The first kappa shape index (κ1) is 12.3. The molecule has 5 nitrogen and oxygen atoms in total. The number of nitrogens with one attached hydrogen (secondary N) is 1. The fourth-order valence-electron chi connectivity index (χ4n) is 2.72. The molecule has 1 aliphatic rings. The second kappa shape index (κ2) is 4.42. The molecule has 5 heteroatoms. The van der Waals surface area contributed by atoms with Gasteiger partial charge in [-0.15, -0.1) is 0 Å². The van der Waals surface area contributed by atoms with Gasteiger partial charge in [-0.25, -0.2) is 9.97 Å². The predicted molar refractivity (Wildman–Crippen MR) is 74.2 cm³/mol. The Labute approximate surface area is 112 Å². The molecule has 2 unspecified atom stereocenters. The summed E-state index contributed by atoms with van der Waals surface area (Å²) in [6.07, 6.45) is 0.752. The number of aliphatic hydroxyl groups is 1. The molecule has 2 aromatic heterocycles. The Kier molecular flexibility index (Phi) is 2.86. The van der Waals surface area contributed by atoms with Gasteiger partial charge in [0, 0.05) is 24.3 Å². The summed E-state index contributed by atoms with van der Waals surface area (Å²) in [7, 11) is 0. The van der Waals surface area contributed by atoms with Crippen molar-refractivity contribution in [1.29, 1.82) is 0 Å². The number of aryl methyl sites for hydroxylation is 2. The highest BCUT2D eigenvalue weighted by Crippen LogP contribution is 2.30. The van der Waals surface area contributed by atoms with E-state index in [-0.39, 0.29) is 18.6 Å². The molecule has 0 radical (unpaired) electrons. The van der Waals surface area contributed by atoms with Crippen LogP contribution >= 0.6 is 0 Å². The summed E-state index contributed by atoms with van der Waals surface area (Å²) < 4.78 is 0. The highest BCUT2D eigenvalue weighted by atomic mass is 16.3. The fraction of sp³-hybridized carbons (Fsp3) is 0.500. The lowest BCUT2D eigenvalue weighted by Gasteiger charge is -2.20. The first-order valence-corrected chi connectivity index (χ1v) is 6.60. The summed E-state index contributed by atoms with van der Waals surface area (Å²) in [4.78, 5) is 13.6. The molecule has 2 atom stereocenters. The Balaban J connectivity index is 2.29. The average molecular weight is 258 g/mol. The summed E-state index contributed by atoms with van der Waals surface area (Å²) in [6, 6.07) is 2.15. The van der Waals surface area contributed by atoms with Crippen LogP contribution < -0.4 is 5.32 Å². The van der Waals surface area contributed by atoms with Crippen molar-refractivity contribution >= 4 is 16.7 Å². The topological polar surface area (TPSA) is 70.9 Å². The summed E-state index contributed by atoms with van der Waals surface area (Å²) in [5, 5.41) is 13.9. The standard InChI is InChI=1S/C14H18N4O/c1-7-4-11-13-12(15-7)5-10(6-19)8(2)16-14(13)18-9(3)17-11/h4,8,10,19H,5-6H2,1-3H3,(H,16,17,18). The van der Waals surface area contributed by atoms with Gasteiger partial charge in [-0.05, 0) is 33.3 Å². The number of pyridine rings is 1. The van der Waals surface area contributed by atoms with E-state index in [0.29, 0.717) is 0 Å². The molecular formula is C14H18N4O. The van der Waals surface area contributed by atoms with E-state index in [1.54, 1.807) is 0 Å². The Bertz CT molecular complexity index is 636. The van der Waals surface area contributed by atoms with Crippen molar-refractivity contribution in [3.8, 4) is 0 Å². The van der Waals surface area contributed by atoms with Crippen LogP contribution in [0.15, 0.2) is 6.07 Å². The highest BCUT2D eigenvalue weighted by molar-refractivity contribution is 5.92. The van der Waals surface area contributed by atoms with E-state index in [9.17, 15) is 5.11 Å². The maximum absolute atomic E-state index is 9.54. The van der Waals surface area contributed by atoms with Gasteiger partial charge in [0.1, 0.15) is 11.6 Å². The van der Waals surface area contributed by atoms with Crippen molar-refractivity contribution in [2.75, 3.05) is 11.9 Å². The van der Waals surface area contributed by atoms with Crippen molar-refractivity contribution in [2.45, 2.75) is 33.2 Å². The molecule has 2 N–H and O–H groups in total. The normalized spacial score (nSPS) is 22.1. The van der Waals surface area contributed by atoms with Crippen LogP contribution in [0.25, 0.3) is 10.9 Å². The number of nitrogens with zero attached hydrogens (tertiary/aromatic N) is 3. The van der Waals surface area contributed by atoms with Gasteiger partial charge in [0.2, 0.25) is 0 Å². The minimum Gasteiger partial charge on any atom is -0.396 e. The van der Waals surface area contributed by atoms with Crippen molar-refractivity contribution in [2.24, 2.45) is 5.92 Å². The Morgan fingerprint density at radius 3 is 2.84 bits per heavy atom.